The van der Waals surface area contributed by atoms with Crippen LogP contribution in [-0.4, -0.2) is 42.2 Å². The van der Waals surface area contributed by atoms with Crippen LogP contribution in [0.3, 0.4) is 0 Å². The number of fused-ring (bicyclic) bond motifs is 1. The third kappa shape index (κ3) is 4.96. The number of nitrogens with zero attached hydrogens (tertiary/aromatic N) is 3. The molecule has 12 nitrogen and oxygen atoms in total. The SMILES string of the molecule is O=C(NCCNS(=O)(=O)c1cccc2cnccc12)c1cc([N+](=O)[O-])cc([N+](=O)[O-])c1. The molecule has 1 amide bonds. The van der Waals surface area contributed by atoms with Gasteiger partial charge in [-0.3, -0.25) is 30.0 Å². The first-order chi connectivity index (χ1) is 14.7. The lowest BCUT2D eigenvalue weighted by Crippen LogP contribution is -2.34. The fourth-order valence-corrected chi connectivity index (χ4v) is 4.06. The number of nitro groups is 2. The summed E-state index contributed by atoms with van der Waals surface area (Å²) in [4.78, 5) is 36.4. The van der Waals surface area contributed by atoms with Crippen LogP contribution in [0.2, 0.25) is 0 Å². The number of sulfonamides is 1. The quantitative estimate of drug-likeness (QED) is 0.299. The van der Waals surface area contributed by atoms with Gasteiger partial charge in [-0.25, -0.2) is 13.1 Å². The van der Waals surface area contributed by atoms with Crippen molar-refractivity contribution in [3.63, 3.8) is 0 Å². The maximum atomic E-state index is 12.6. The largest absolute Gasteiger partial charge is 0.351 e. The van der Waals surface area contributed by atoms with Crippen LogP contribution in [0.5, 0.6) is 0 Å². The van der Waals surface area contributed by atoms with Crippen LogP contribution in [0.25, 0.3) is 10.8 Å². The predicted octanol–water partition coefficient (Wildman–Crippen LogP) is 1.76. The minimum Gasteiger partial charge on any atom is -0.351 e. The van der Waals surface area contributed by atoms with Crippen molar-refractivity contribution in [2.24, 2.45) is 0 Å². The highest BCUT2D eigenvalue weighted by Gasteiger charge is 2.20. The number of amides is 1. The number of hydrogen-bond donors (Lipinski definition) is 2. The van der Waals surface area contributed by atoms with E-state index in [4.69, 9.17) is 0 Å². The monoisotopic (exact) mass is 445 g/mol. The van der Waals surface area contributed by atoms with E-state index in [9.17, 15) is 33.4 Å². The molecule has 2 N–H and O–H groups in total. The number of nitrogens with one attached hydrogen (secondary N) is 2. The van der Waals surface area contributed by atoms with Crippen molar-refractivity contribution in [3.8, 4) is 0 Å². The highest BCUT2D eigenvalue weighted by atomic mass is 32.2. The highest BCUT2D eigenvalue weighted by Crippen LogP contribution is 2.23. The number of carbonyl (C=O) groups excluding carboxylic acids is 1. The van der Waals surface area contributed by atoms with Crippen LogP contribution in [0.15, 0.2) is 59.8 Å². The summed E-state index contributed by atoms with van der Waals surface area (Å²) in [6.45, 7) is -0.326. The van der Waals surface area contributed by atoms with Gasteiger partial charge in [-0.05, 0) is 12.1 Å². The lowest BCUT2D eigenvalue weighted by molar-refractivity contribution is -0.394. The Bertz CT molecular complexity index is 1260. The third-order valence-electron chi connectivity index (χ3n) is 4.22. The molecule has 1 aromatic heterocycles. The average Bonchev–Trinajstić information content (AvgIpc) is 2.75. The van der Waals surface area contributed by atoms with Gasteiger partial charge in [0, 0.05) is 48.4 Å². The fraction of sp³-hybridized carbons (Fsp3) is 0.111. The molecule has 0 aliphatic carbocycles. The Kier molecular flexibility index (Phi) is 6.17. The minimum absolute atomic E-state index is 0.0491. The van der Waals surface area contributed by atoms with E-state index in [1.54, 1.807) is 18.2 Å². The Hall–Kier alpha value is -3.97. The van der Waals surface area contributed by atoms with Crippen LogP contribution in [-0.2, 0) is 10.0 Å². The van der Waals surface area contributed by atoms with Crippen molar-refractivity contribution in [2.75, 3.05) is 13.1 Å². The smallest absolute Gasteiger partial charge is 0.277 e. The van der Waals surface area contributed by atoms with Gasteiger partial charge in [-0.1, -0.05) is 12.1 Å². The normalized spacial score (nSPS) is 11.2. The summed E-state index contributed by atoms with van der Waals surface area (Å²) in [6, 6.07) is 8.85. The summed E-state index contributed by atoms with van der Waals surface area (Å²) in [5.74, 6) is -0.817. The van der Waals surface area contributed by atoms with Gasteiger partial charge >= 0.3 is 0 Å². The minimum atomic E-state index is -3.89. The molecule has 0 fully saturated rings. The van der Waals surface area contributed by atoms with Gasteiger partial charge < -0.3 is 5.32 Å². The number of non-ortho nitro benzene ring substituents is 2. The Morgan fingerprint density at radius 3 is 2.32 bits per heavy atom. The number of nitro benzene ring substituents is 2. The second kappa shape index (κ2) is 8.81. The summed E-state index contributed by atoms with van der Waals surface area (Å²) in [5, 5.41) is 25.3. The Morgan fingerprint density at radius 1 is 1.00 bits per heavy atom. The van der Waals surface area contributed by atoms with Gasteiger partial charge in [-0.15, -0.1) is 0 Å². The van der Waals surface area contributed by atoms with Gasteiger partial charge in [0.1, 0.15) is 0 Å². The van der Waals surface area contributed by atoms with Crippen LogP contribution < -0.4 is 10.0 Å². The Balaban J connectivity index is 1.67. The topological polar surface area (TPSA) is 174 Å². The van der Waals surface area contributed by atoms with Gasteiger partial charge in [0.2, 0.25) is 10.0 Å². The molecule has 0 bridgehead atoms. The lowest BCUT2D eigenvalue weighted by Gasteiger charge is -2.10. The van der Waals surface area contributed by atoms with Gasteiger partial charge in [-0.2, -0.15) is 0 Å². The van der Waals surface area contributed by atoms with Crippen molar-refractivity contribution in [2.45, 2.75) is 4.90 Å². The molecule has 31 heavy (non-hydrogen) atoms. The number of carbonyl (C=O) groups is 1. The molecule has 0 saturated carbocycles. The third-order valence-corrected chi connectivity index (χ3v) is 5.74. The number of hydrogen-bond acceptors (Lipinski definition) is 8. The zero-order valence-corrected chi connectivity index (χ0v) is 16.5. The van der Waals surface area contributed by atoms with E-state index >= 15 is 0 Å². The number of pyridine rings is 1. The number of aromatic nitrogens is 1. The summed E-state index contributed by atoms with van der Waals surface area (Å²) in [5.41, 5.74) is -1.50. The first-order valence-electron chi connectivity index (χ1n) is 8.73. The molecular weight excluding hydrogens is 430 g/mol. The second-order valence-corrected chi connectivity index (χ2v) is 7.99. The molecule has 0 atom stereocenters. The first kappa shape index (κ1) is 21.7. The van der Waals surface area contributed by atoms with Crippen molar-refractivity contribution in [1.29, 1.82) is 0 Å². The molecule has 3 aromatic rings. The lowest BCUT2D eigenvalue weighted by atomic mass is 10.1. The maximum Gasteiger partial charge on any atom is 0.277 e. The standard InChI is InChI=1S/C18H15N5O7S/c24-18(13-8-14(22(25)26)10-15(9-13)23(27)28)20-6-7-21-31(29,30)17-3-1-2-12-11-19-5-4-16(12)17/h1-5,8-11,21H,6-7H2,(H,20,24). The molecule has 0 aliphatic heterocycles. The molecule has 2 aromatic carbocycles. The first-order valence-corrected chi connectivity index (χ1v) is 10.2. The molecule has 1 heterocycles. The molecule has 160 valence electrons. The van der Waals surface area contributed by atoms with Gasteiger partial charge in [0.05, 0.1) is 26.4 Å². The molecule has 3 rings (SSSR count). The summed E-state index contributed by atoms with van der Waals surface area (Å²) < 4.78 is 27.6. The molecule has 0 aliphatic rings. The van der Waals surface area contributed by atoms with E-state index in [1.165, 1.54) is 18.5 Å². The molecule has 0 unspecified atom stereocenters. The fourth-order valence-electron chi connectivity index (χ4n) is 2.81. The molecule has 13 heteroatoms. The Morgan fingerprint density at radius 2 is 1.68 bits per heavy atom. The molecule has 0 saturated heterocycles. The van der Waals surface area contributed by atoms with E-state index < -0.39 is 37.2 Å². The van der Waals surface area contributed by atoms with Crippen molar-refractivity contribution < 1.29 is 23.1 Å². The van der Waals surface area contributed by atoms with Crippen LogP contribution >= 0.6 is 0 Å². The molecule has 0 radical (unpaired) electrons. The second-order valence-electron chi connectivity index (χ2n) is 6.26. The highest BCUT2D eigenvalue weighted by molar-refractivity contribution is 7.89. The maximum absolute atomic E-state index is 12.6. The van der Waals surface area contributed by atoms with Crippen LogP contribution in [0.4, 0.5) is 11.4 Å². The average molecular weight is 445 g/mol. The van der Waals surface area contributed by atoms with E-state index in [2.05, 4.69) is 15.0 Å². The molecule has 0 spiro atoms. The summed E-state index contributed by atoms with van der Waals surface area (Å²) in [7, 11) is -3.89. The van der Waals surface area contributed by atoms with E-state index in [1.807, 2.05) is 0 Å². The van der Waals surface area contributed by atoms with E-state index in [0.717, 1.165) is 18.2 Å². The van der Waals surface area contributed by atoms with Crippen molar-refractivity contribution in [3.05, 3.63) is 80.7 Å². The van der Waals surface area contributed by atoms with Gasteiger partial charge in [0.15, 0.2) is 0 Å². The summed E-state index contributed by atoms with van der Waals surface area (Å²) in [6.07, 6.45) is 3.01. The Labute approximate surface area is 175 Å². The van der Waals surface area contributed by atoms with Crippen molar-refractivity contribution >= 4 is 38.1 Å². The zero-order chi connectivity index (χ0) is 22.6. The predicted molar refractivity (Wildman–Crippen MR) is 109 cm³/mol. The zero-order valence-electron chi connectivity index (χ0n) is 15.7. The summed E-state index contributed by atoms with van der Waals surface area (Å²) >= 11 is 0. The van der Waals surface area contributed by atoms with Crippen molar-refractivity contribution in [1.82, 2.24) is 15.0 Å². The van der Waals surface area contributed by atoms with E-state index in [-0.39, 0.29) is 23.5 Å². The number of benzene rings is 2. The van der Waals surface area contributed by atoms with Crippen LogP contribution in [0.1, 0.15) is 10.4 Å². The molecular formula is C18H15N5O7S. The van der Waals surface area contributed by atoms with Crippen LogP contribution in [0, 0.1) is 20.2 Å². The van der Waals surface area contributed by atoms with Gasteiger partial charge in [0.25, 0.3) is 17.3 Å². The van der Waals surface area contributed by atoms with E-state index in [0.29, 0.717) is 10.8 Å². The number of rotatable bonds is 8.